The maximum Gasteiger partial charge on any atom is 0.215 e. The van der Waals surface area contributed by atoms with Crippen molar-refractivity contribution >= 4 is 10.0 Å². The van der Waals surface area contributed by atoms with Crippen LogP contribution in [0.3, 0.4) is 0 Å². The van der Waals surface area contributed by atoms with Crippen molar-refractivity contribution in [3.05, 3.63) is 35.4 Å². The maximum absolute atomic E-state index is 11.8. The molecule has 0 aromatic heterocycles. The zero-order valence-corrected chi connectivity index (χ0v) is 12.2. The molecule has 0 saturated carbocycles. The SMILES string of the molecule is CC(C)OCCNS(=O)(=O)Cc1ccc(CN)cc1. The average molecular weight is 286 g/mol. The van der Waals surface area contributed by atoms with Crippen LogP contribution in [-0.4, -0.2) is 27.7 Å². The van der Waals surface area contributed by atoms with Crippen LogP contribution in [0.4, 0.5) is 0 Å². The number of ether oxygens (including phenoxy) is 1. The van der Waals surface area contributed by atoms with E-state index in [0.717, 1.165) is 11.1 Å². The van der Waals surface area contributed by atoms with Crippen molar-refractivity contribution in [1.29, 1.82) is 0 Å². The molecule has 0 radical (unpaired) electrons. The van der Waals surface area contributed by atoms with E-state index in [1.54, 1.807) is 12.1 Å². The van der Waals surface area contributed by atoms with Crippen LogP contribution in [-0.2, 0) is 27.1 Å². The minimum atomic E-state index is -3.31. The van der Waals surface area contributed by atoms with E-state index in [1.807, 2.05) is 26.0 Å². The molecule has 1 aromatic carbocycles. The van der Waals surface area contributed by atoms with E-state index >= 15 is 0 Å². The second kappa shape index (κ2) is 7.59. The molecule has 0 unspecified atom stereocenters. The Labute approximate surface area is 115 Å². The summed E-state index contributed by atoms with van der Waals surface area (Å²) in [7, 11) is -3.31. The molecule has 6 heteroatoms. The van der Waals surface area contributed by atoms with Crippen LogP contribution in [0.5, 0.6) is 0 Å². The average Bonchev–Trinajstić information content (AvgIpc) is 2.35. The first-order valence-electron chi connectivity index (χ1n) is 6.30. The van der Waals surface area contributed by atoms with Gasteiger partial charge in [0.1, 0.15) is 0 Å². The maximum atomic E-state index is 11.8. The van der Waals surface area contributed by atoms with Gasteiger partial charge in [0.25, 0.3) is 0 Å². The number of rotatable bonds is 8. The summed E-state index contributed by atoms with van der Waals surface area (Å²) in [6.45, 7) is 4.95. The number of hydrogen-bond acceptors (Lipinski definition) is 4. The molecule has 0 fully saturated rings. The molecule has 0 aliphatic carbocycles. The highest BCUT2D eigenvalue weighted by Gasteiger charge is 2.10. The van der Waals surface area contributed by atoms with Gasteiger partial charge in [-0.05, 0) is 25.0 Å². The molecule has 0 atom stereocenters. The summed E-state index contributed by atoms with van der Waals surface area (Å²) >= 11 is 0. The summed E-state index contributed by atoms with van der Waals surface area (Å²) < 4.78 is 31.4. The molecule has 108 valence electrons. The van der Waals surface area contributed by atoms with Crippen LogP contribution in [0.25, 0.3) is 0 Å². The van der Waals surface area contributed by atoms with E-state index in [0.29, 0.717) is 19.7 Å². The lowest BCUT2D eigenvalue weighted by atomic mass is 10.1. The molecule has 0 saturated heterocycles. The van der Waals surface area contributed by atoms with E-state index in [2.05, 4.69) is 4.72 Å². The molecule has 0 amide bonds. The van der Waals surface area contributed by atoms with Crippen LogP contribution in [0, 0.1) is 0 Å². The first-order chi connectivity index (χ1) is 8.93. The zero-order chi connectivity index (χ0) is 14.3. The van der Waals surface area contributed by atoms with Crippen LogP contribution >= 0.6 is 0 Å². The topological polar surface area (TPSA) is 81.4 Å². The van der Waals surface area contributed by atoms with E-state index in [9.17, 15) is 8.42 Å². The van der Waals surface area contributed by atoms with E-state index in [-0.39, 0.29) is 11.9 Å². The first kappa shape index (κ1) is 16.1. The normalized spacial score (nSPS) is 12.0. The second-order valence-corrected chi connectivity index (χ2v) is 6.40. The van der Waals surface area contributed by atoms with Gasteiger partial charge in [-0.3, -0.25) is 0 Å². The lowest BCUT2D eigenvalue weighted by Gasteiger charge is -2.09. The summed E-state index contributed by atoms with van der Waals surface area (Å²) in [4.78, 5) is 0. The Morgan fingerprint density at radius 2 is 1.79 bits per heavy atom. The highest BCUT2D eigenvalue weighted by Crippen LogP contribution is 2.07. The fraction of sp³-hybridized carbons (Fsp3) is 0.538. The Bertz CT molecular complexity index is 469. The van der Waals surface area contributed by atoms with Gasteiger partial charge in [0.2, 0.25) is 10.0 Å². The van der Waals surface area contributed by atoms with Crippen LogP contribution < -0.4 is 10.5 Å². The number of hydrogen-bond donors (Lipinski definition) is 2. The lowest BCUT2D eigenvalue weighted by Crippen LogP contribution is -2.29. The number of benzene rings is 1. The van der Waals surface area contributed by atoms with Crippen LogP contribution in [0.15, 0.2) is 24.3 Å². The lowest BCUT2D eigenvalue weighted by molar-refractivity contribution is 0.0834. The third-order valence-corrected chi connectivity index (χ3v) is 3.85. The van der Waals surface area contributed by atoms with E-state index in [1.165, 1.54) is 0 Å². The van der Waals surface area contributed by atoms with Crippen molar-refractivity contribution in [2.75, 3.05) is 13.2 Å². The second-order valence-electron chi connectivity index (χ2n) is 4.59. The molecule has 0 aliphatic rings. The van der Waals surface area contributed by atoms with Gasteiger partial charge in [-0.25, -0.2) is 13.1 Å². The Kier molecular flexibility index (Phi) is 6.44. The zero-order valence-electron chi connectivity index (χ0n) is 11.4. The molecule has 0 spiro atoms. The minimum absolute atomic E-state index is 0.0282. The summed E-state index contributed by atoms with van der Waals surface area (Å²) in [6, 6.07) is 7.25. The smallest absolute Gasteiger partial charge is 0.215 e. The molecule has 19 heavy (non-hydrogen) atoms. The molecule has 0 bridgehead atoms. The van der Waals surface area contributed by atoms with Crippen molar-refractivity contribution in [1.82, 2.24) is 4.72 Å². The van der Waals surface area contributed by atoms with Gasteiger partial charge < -0.3 is 10.5 Å². The number of nitrogens with one attached hydrogen (secondary N) is 1. The molecular weight excluding hydrogens is 264 g/mol. The highest BCUT2D eigenvalue weighted by molar-refractivity contribution is 7.88. The third-order valence-electron chi connectivity index (χ3n) is 2.49. The highest BCUT2D eigenvalue weighted by atomic mass is 32.2. The Morgan fingerprint density at radius 1 is 1.21 bits per heavy atom. The fourth-order valence-electron chi connectivity index (χ4n) is 1.53. The van der Waals surface area contributed by atoms with Gasteiger partial charge in [0.05, 0.1) is 18.5 Å². The predicted octanol–water partition coefficient (Wildman–Crippen LogP) is 0.990. The van der Waals surface area contributed by atoms with Gasteiger partial charge in [0, 0.05) is 13.1 Å². The molecule has 0 heterocycles. The third kappa shape index (κ3) is 6.68. The van der Waals surface area contributed by atoms with E-state index in [4.69, 9.17) is 10.5 Å². The molecule has 5 nitrogen and oxygen atoms in total. The number of sulfonamides is 1. The summed E-state index contributed by atoms with van der Waals surface area (Å²) in [5.74, 6) is -0.0282. The standard InChI is InChI=1S/C13H22N2O3S/c1-11(2)18-8-7-15-19(16,17)10-13-5-3-12(9-14)4-6-13/h3-6,11,15H,7-10,14H2,1-2H3. The Morgan fingerprint density at radius 3 is 2.32 bits per heavy atom. The quantitative estimate of drug-likeness (QED) is 0.698. The van der Waals surface area contributed by atoms with Crippen LogP contribution in [0.2, 0.25) is 0 Å². The van der Waals surface area contributed by atoms with E-state index < -0.39 is 10.0 Å². The fourth-order valence-corrected chi connectivity index (χ4v) is 2.66. The van der Waals surface area contributed by atoms with Crippen molar-refractivity contribution in [3.8, 4) is 0 Å². The monoisotopic (exact) mass is 286 g/mol. The minimum Gasteiger partial charge on any atom is -0.377 e. The van der Waals surface area contributed by atoms with Crippen LogP contribution in [0.1, 0.15) is 25.0 Å². The van der Waals surface area contributed by atoms with Gasteiger partial charge in [-0.1, -0.05) is 24.3 Å². The first-order valence-corrected chi connectivity index (χ1v) is 7.95. The Balaban J connectivity index is 2.44. The summed E-state index contributed by atoms with van der Waals surface area (Å²) in [5.41, 5.74) is 7.22. The van der Waals surface area contributed by atoms with Gasteiger partial charge in [-0.15, -0.1) is 0 Å². The summed E-state index contributed by atoms with van der Waals surface area (Å²) in [5, 5.41) is 0. The molecule has 1 rings (SSSR count). The molecule has 1 aromatic rings. The largest absolute Gasteiger partial charge is 0.377 e. The summed E-state index contributed by atoms with van der Waals surface area (Å²) in [6.07, 6.45) is 0.105. The van der Waals surface area contributed by atoms with Crippen molar-refractivity contribution < 1.29 is 13.2 Å². The van der Waals surface area contributed by atoms with Crippen molar-refractivity contribution in [3.63, 3.8) is 0 Å². The number of nitrogens with two attached hydrogens (primary N) is 1. The molecular formula is C13H22N2O3S. The van der Waals surface area contributed by atoms with Crippen molar-refractivity contribution in [2.24, 2.45) is 5.73 Å². The van der Waals surface area contributed by atoms with Gasteiger partial charge in [-0.2, -0.15) is 0 Å². The van der Waals surface area contributed by atoms with Gasteiger partial charge in [0.15, 0.2) is 0 Å². The predicted molar refractivity (Wildman–Crippen MR) is 76.0 cm³/mol. The Hall–Kier alpha value is -0.950. The van der Waals surface area contributed by atoms with Crippen molar-refractivity contribution in [2.45, 2.75) is 32.2 Å². The van der Waals surface area contributed by atoms with Gasteiger partial charge >= 0.3 is 0 Å². The molecule has 3 N–H and O–H groups in total. The molecule has 0 aliphatic heterocycles.